The first-order chi connectivity index (χ1) is 18.7. The summed E-state index contributed by atoms with van der Waals surface area (Å²) in [5.74, 6) is -27.6. The summed E-state index contributed by atoms with van der Waals surface area (Å²) < 4.78 is 127. The van der Waals surface area contributed by atoms with Gasteiger partial charge in [-0.15, -0.1) is 0 Å². The van der Waals surface area contributed by atoms with Gasteiger partial charge in [0.15, 0.2) is 23.3 Å². The number of nitrogens with two attached hydrogens (primary N) is 1. The summed E-state index contributed by atoms with van der Waals surface area (Å²) in [4.78, 5) is 12.7. The number of benzene rings is 4. The number of phenolic OH excluding ortho intramolecular Hbond substituents is 2. The normalized spacial score (nSPS) is 11.0. The molecule has 4 N–H and O–H groups in total. The Morgan fingerprint density at radius 1 is 0.625 bits per heavy atom. The molecular weight excluding hydrogens is 558 g/mol. The standard InChI is InChI=1S/C26H13F8NO5/c1-8-2-3-9(6-12(8)36)39-25-20(31)16(27)14(17(28)21(25)32)24(38)15-18(29)22(33)26(23(34)19(15)30)40-10-4-5-11(35)13(37)7-10/h2-7,36-37H,35H2,1H3. The molecule has 0 aliphatic rings. The van der Waals surface area contributed by atoms with E-state index in [9.17, 15) is 50.1 Å². The Bertz CT molecular complexity index is 1530. The van der Waals surface area contributed by atoms with Crippen LogP contribution in [0.2, 0.25) is 0 Å². The molecule has 0 aliphatic heterocycles. The molecule has 0 saturated carbocycles. The van der Waals surface area contributed by atoms with Crippen LogP contribution in [0.3, 0.4) is 0 Å². The Balaban J connectivity index is 1.79. The van der Waals surface area contributed by atoms with E-state index in [1.807, 2.05) is 0 Å². The molecule has 40 heavy (non-hydrogen) atoms. The lowest BCUT2D eigenvalue weighted by molar-refractivity contribution is 0.101. The van der Waals surface area contributed by atoms with Crippen LogP contribution < -0.4 is 15.2 Å². The van der Waals surface area contributed by atoms with E-state index in [1.165, 1.54) is 13.0 Å². The number of aryl methyl sites for hydroxylation is 1. The smallest absolute Gasteiger partial charge is 0.205 e. The highest BCUT2D eigenvalue weighted by atomic mass is 19.2. The quantitative estimate of drug-likeness (QED) is 0.0764. The van der Waals surface area contributed by atoms with Crippen molar-refractivity contribution in [3.63, 3.8) is 0 Å². The Hall–Kier alpha value is -5.01. The molecule has 0 amide bonds. The second kappa shape index (κ2) is 10.3. The van der Waals surface area contributed by atoms with Crippen LogP contribution in [0.1, 0.15) is 21.5 Å². The van der Waals surface area contributed by atoms with Gasteiger partial charge in [0.05, 0.1) is 5.69 Å². The van der Waals surface area contributed by atoms with Crippen molar-refractivity contribution in [2.75, 3.05) is 5.73 Å². The molecule has 0 heterocycles. The van der Waals surface area contributed by atoms with Crippen molar-refractivity contribution in [1.82, 2.24) is 0 Å². The highest BCUT2D eigenvalue weighted by Crippen LogP contribution is 2.39. The third-order valence-electron chi connectivity index (χ3n) is 5.52. The van der Waals surface area contributed by atoms with E-state index >= 15 is 0 Å². The van der Waals surface area contributed by atoms with Gasteiger partial charge in [0.1, 0.15) is 34.1 Å². The molecule has 4 rings (SSSR count). The summed E-state index contributed by atoms with van der Waals surface area (Å²) in [6, 6.07) is 5.81. The average Bonchev–Trinajstić information content (AvgIpc) is 2.91. The van der Waals surface area contributed by atoms with E-state index in [4.69, 9.17) is 15.2 Å². The molecule has 0 fully saturated rings. The van der Waals surface area contributed by atoms with Gasteiger partial charge < -0.3 is 25.4 Å². The summed E-state index contributed by atoms with van der Waals surface area (Å²) in [6.45, 7) is 1.45. The minimum absolute atomic E-state index is 0.191. The van der Waals surface area contributed by atoms with Crippen LogP contribution in [-0.4, -0.2) is 16.0 Å². The highest BCUT2D eigenvalue weighted by Gasteiger charge is 2.37. The number of phenols is 2. The van der Waals surface area contributed by atoms with Gasteiger partial charge in [-0.25, -0.2) is 17.6 Å². The average molecular weight is 571 g/mol. The number of carbonyl (C=O) groups excluding carboxylic acids is 1. The molecule has 0 atom stereocenters. The lowest BCUT2D eigenvalue weighted by Gasteiger charge is -2.15. The molecule has 0 saturated heterocycles. The molecule has 6 nitrogen and oxygen atoms in total. The number of rotatable bonds is 6. The maximum atomic E-state index is 14.8. The predicted octanol–water partition coefficient (Wildman–Crippen LogP) is 6.92. The van der Waals surface area contributed by atoms with Gasteiger partial charge in [-0.1, -0.05) is 6.07 Å². The topological polar surface area (TPSA) is 102 Å². The zero-order valence-electron chi connectivity index (χ0n) is 19.7. The summed E-state index contributed by atoms with van der Waals surface area (Å²) in [6.07, 6.45) is 0. The van der Waals surface area contributed by atoms with E-state index < -0.39 is 97.9 Å². The van der Waals surface area contributed by atoms with Crippen LogP contribution in [0.25, 0.3) is 0 Å². The minimum Gasteiger partial charge on any atom is -0.508 e. The summed E-state index contributed by atoms with van der Waals surface area (Å²) in [5.41, 5.74) is 0.999. The fourth-order valence-corrected chi connectivity index (χ4v) is 3.40. The second-order valence-corrected chi connectivity index (χ2v) is 8.12. The van der Waals surface area contributed by atoms with Crippen LogP contribution in [-0.2, 0) is 0 Å². The van der Waals surface area contributed by atoms with Gasteiger partial charge in [-0.2, -0.15) is 17.6 Å². The molecule has 4 aromatic carbocycles. The van der Waals surface area contributed by atoms with Crippen molar-refractivity contribution in [2.24, 2.45) is 0 Å². The Morgan fingerprint density at radius 2 is 1.00 bits per heavy atom. The zero-order valence-corrected chi connectivity index (χ0v) is 19.7. The van der Waals surface area contributed by atoms with Gasteiger partial charge in [-0.05, 0) is 30.7 Å². The molecule has 0 unspecified atom stereocenters. The van der Waals surface area contributed by atoms with Crippen molar-refractivity contribution >= 4 is 11.5 Å². The first kappa shape index (κ1) is 28.0. The highest BCUT2D eigenvalue weighted by molar-refractivity contribution is 6.10. The Morgan fingerprint density at radius 3 is 1.38 bits per heavy atom. The third-order valence-corrected chi connectivity index (χ3v) is 5.52. The molecule has 4 aromatic rings. The fourth-order valence-electron chi connectivity index (χ4n) is 3.40. The predicted molar refractivity (Wildman–Crippen MR) is 121 cm³/mol. The minimum atomic E-state index is -2.52. The van der Waals surface area contributed by atoms with Crippen molar-refractivity contribution in [3.8, 4) is 34.5 Å². The van der Waals surface area contributed by atoms with Gasteiger partial charge >= 0.3 is 0 Å². The Labute approximate surface area is 218 Å². The number of ether oxygens (including phenoxy) is 2. The summed E-state index contributed by atoms with van der Waals surface area (Å²) in [7, 11) is 0. The molecule has 0 radical (unpaired) electrons. The first-order valence-electron chi connectivity index (χ1n) is 10.7. The first-order valence-corrected chi connectivity index (χ1v) is 10.7. The van der Waals surface area contributed by atoms with E-state index in [0.29, 0.717) is 5.56 Å². The SMILES string of the molecule is Cc1ccc(Oc2c(F)c(F)c(C(=O)c3c(F)c(F)c(Oc4ccc(N)c(O)c4)c(F)c3F)c(F)c2F)cc1O. The Kier molecular flexibility index (Phi) is 7.20. The second-order valence-electron chi connectivity index (χ2n) is 8.12. The lowest BCUT2D eigenvalue weighted by atomic mass is 9.99. The molecular formula is C26H13F8NO5. The van der Waals surface area contributed by atoms with Crippen molar-refractivity contribution in [1.29, 1.82) is 0 Å². The van der Waals surface area contributed by atoms with Gasteiger partial charge in [0.2, 0.25) is 40.6 Å². The van der Waals surface area contributed by atoms with Crippen LogP contribution in [0.15, 0.2) is 36.4 Å². The van der Waals surface area contributed by atoms with E-state index in [-0.39, 0.29) is 5.69 Å². The molecule has 0 aliphatic carbocycles. The van der Waals surface area contributed by atoms with Crippen molar-refractivity contribution < 1.29 is 59.6 Å². The van der Waals surface area contributed by atoms with Crippen LogP contribution in [0, 0.1) is 53.5 Å². The third kappa shape index (κ3) is 4.67. The number of ketones is 1. The number of nitrogen functional groups attached to an aromatic ring is 1. The number of aromatic hydroxyl groups is 2. The molecule has 0 bridgehead atoms. The fraction of sp³-hybridized carbons (Fsp3) is 0.0385. The van der Waals surface area contributed by atoms with Gasteiger partial charge in [0, 0.05) is 12.1 Å². The monoisotopic (exact) mass is 571 g/mol. The molecule has 208 valence electrons. The van der Waals surface area contributed by atoms with Crippen LogP contribution >= 0.6 is 0 Å². The number of halogens is 8. The van der Waals surface area contributed by atoms with E-state index in [1.54, 1.807) is 0 Å². The van der Waals surface area contributed by atoms with Crippen molar-refractivity contribution in [2.45, 2.75) is 6.92 Å². The number of carbonyl (C=O) groups is 1. The molecule has 0 spiro atoms. The maximum Gasteiger partial charge on any atom is 0.205 e. The van der Waals surface area contributed by atoms with Crippen LogP contribution in [0.4, 0.5) is 40.8 Å². The van der Waals surface area contributed by atoms with E-state index in [2.05, 4.69) is 0 Å². The number of hydrogen-bond donors (Lipinski definition) is 3. The summed E-state index contributed by atoms with van der Waals surface area (Å²) >= 11 is 0. The number of anilines is 1. The van der Waals surface area contributed by atoms with Crippen molar-refractivity contribution in [3.05, 3.63) is 99.6 Å². The van der Waals surface area contributed by atoms with E-state index in [0.717, 1.165) is 30.3 Å². The van der Waals surface area contributed by atoms with Crippen LogP contribution in [0.5, 0.6) is 34.5 Å². The zero-order chi connectivity index (χ0) is 29.6. The molecule has 14 heteroatoms. The largest absolute Gasteiger partial charge is 0.508 e. The van der Waals surface area contributed by atoms with Gasteiger partial charge in [-0.3, -0.25) is 4.79 Å². The lowest BCUT2D eigenvalue weighted by Crippen LogP contribution is -2.18. The number of hydrogen-bond acceptors (Lipinski definition) is 6. The maximum absolute atomic E-state index is 14.8. The van der Waals surface area contributed by atoms with Gasteiger partial charge in [0.25, 0.3) is 0 Å². The molecule has 0 aromatic heterocycles. The summed E-state index contributed by atoms with van der Waals surface area (Å²) in [5, 5.41) is 19.2.